The third kappa shape index (κ3) is 4.33. The van der Waals surface area contributed by atoms with Crippen LogP contribution < -0.4 is 15.1 Å². The number of halogens is 1. The molecule has 1 aromatic carbocycles. The summed E-state index contributed by atoms with van der Waals surface area (Å²) in [5.74, 6) is 0.892. The van der Waals surface area contributed by atoms with Crippen LogP contribution in [0.2, 0.25) is 0 Å². The summed E-state index contributed by atoms with van der Waals surface area (Å²) >= 11 is 0. The number of anilines is 2. The van der Waals surface area contributed by atoms with Gasteiger partial charge in [0.05, 0.1) is 24.5 Å². The van der Waals surface area contributed by atoms with Crippen molar-refractivity contribution in [2.75, 3.05) is 48.3 Å². The fourth-order valence-corrected chi connectivity index (χ4v) is 4.99. The van der Waals surface area contributed by atoms with Gasteiger partial charge in [-0.25, -0.2) is 9.18 Å². The molecule has 0 unspecified atom stereocenters. The molecule has 0 aliphatic carbocycles. The third-order valence-electron chi connectivity index (χ3n) is 4.87. The lowest BCUT2D eigenvalue weighted by molar-refractivity contribution is -0.119. The zero-order valence-corrected chi connectivity index (χ0v) is 16.1. The van der Waals surface area contributed by atoms with Gasteiger partial charge >= 0.3 is 6.09 Å². The van der Waals surface area contributed by atoms with Crippen LogP contribution in [-0.4, -0.2) is 56.6 Å². The molecule has 0 saturated carbocycles. The maximum Gasteiger partial charge on any atom is 0.414 e. The first-order valence-corrected chi connectivity index (χ1v) is 10.9. The predicted octanol–water partition coefficient (Wildman–Crippen LogP) is 2.61. The van der Waals surface area contributed by atoms with E-state index in [9.17, 15) is 18.5 Å². The van der Waals surface area contributed by atoms with Crippen molar-refractivity contribution < 1.29 is 23.3 Å². The number of hydrogen-bond acceptors (Lipinski definition) is 5. The minimum absolute atomic E-state index is 0.206. The normalized spacial score (nSPS) is 21.7. The van der Waals surface area contributed by atoms with Crippen molar-refractivity contribution in [1.29, 1.82) is 0 Å². The molecule has 2 amide bonds. The summed E-state index contributed by atoms with van der Waals surface area (Å²) in [6.45, 7) is 6.49. The fraction of sp³-hybridized carbons (Fsp3) is 0.444. The number of hydrogen-bond donors (Lipinski definition) is 1. The predicted molar refractivity (Wildman–Crippen MR) is 102 cm³/mol. The first-order valence-electron chi connectivity index (χ1n) is 8.80. The van der Waals surface area contributed by atoms with Gasteiger partial charge in [0.15, 0.2) is 0 Å². The highest BCUT2D eigenvalue weighted by molar-refractivity contribution is 7.67. The van der Waals surface area contributed by atoms with E-state index in [-0.39, 0.29) is 19.0 Å². The Morgan fingerprint density at radius 3 is 2.74 bits per heavy atom. The largest absolute Gasteiger partial charge is 0.442 e. The van der Waals surface area contributed by atoms with Crippen LogP contribution in [0.3, 0.4) is 0 Å². The second kappa shape index (κ2) is 7.72. The molecule has 2 aliphatic rings. The molecule has 3 rings (SSSR count). The van der Waals surface area contributed by atoms with E-state index in [1.54, 1.807) is 17.9 Å². The summed E-state index contributed by atoms with van der Waals surface area (Å²) in [7, 11) is -2.32. The highest BCUT2D eigenvalue weighted by Gasteiger charge is 2.33. The zero-order chi connectivity index (χ0) is 19.6. The SMILES string of the molecule is C=CP1(=O)CCN(c2ccc(N3C[C@H](CNC(C)=O)OC3=O)cc2F)CC1. The van der Waals surface area contributed by atoms with Crippen molar-refractivity contribution in [1.82, 2.24) is 5.32 Å². The Bertz CT molecular complexity index is 804. The molecule has 9 heteroatoms. The van der Waals surface area contributed by atoms with Crippen LogP contribution in [0.4, 0.5) is 20.6 Å². The van der Waals surface area contributed by atoms with Gasteiger partial charge in [-0.2, -0.15) is 0 Å². The van der Waals surface area contributed by atoms with E-state index in [1.165, 1.54) is 17.9 Å². The molecule has 1 aromatic rings. The van der Waals surface area contributed by atoms with Gasteiger partial charge in [-0.05, 0) is 24.0 Å². The molecular formula is C18H23FN3O4P. The van der Waals surface area contributed by atoms with E-state index >= 15 is 0 Å². The Kier molecular flexibility index (Phi) is 5.56. The second-order valence-electron chi connectivity index (χ2n) is 6.76. The van der Waals surface area contributed by atoms with E-state index in [0.29, 0.717) is 36.8 Å². The maximum atomic E-state index is 14.7. The number of nitrogens with one attached hydrogen (secondary N) is 1. The van der Waals surface area contributed by atoms with E-state index in [2.05, 4.69) is 11.9 Å². The first kappa shape index (κ1) is 19.4. The average Bonchev–Trinajstić information content (AvgIpc) is 3.02. The molecule has 1 N–H and O–H groups in total. The van der Waals surface area contributed by atoms with Crippen molar-refractivity contribution in [2.45, 2.75) is 13.0 Å². The number of carbonyl (C=O) groups is 2. The first-order chi connectivity index (χ1) is 12.8. The minimum Gasteiger partial charge on any atom is -0.442 e. The third-order valence-corrected chi connectivity index (χ3v) is 7.45. The molecule has 0 aromatic heterocycles. The van der Waals surface area contributed by atoms with Crippen molar-refractivity contribution in [3.63, 3.8) is 0 Å². The molecular weight excluding hydrogens is 372 g/mol. The molecule has 146 valence electrons. The van der Waals surface area contributed by atoms with E-state index in [0.717, 1.165) is 0 Å². The monoisotopic (exact) mass is 395 g/mol. The fourth-order valence-electron chi connectivity index (χ4n) is 3.24. The van der Waals surface area contributed by atoms with E-state index < -0.39 is 25.2 Å². The molecule has 0 spiro atoms. The Morgan fingerprint density at radius 2 is 2.15 bits per heavy atom. The highest BCUT2D eigenvalue weighted by Crippen LogP contribution is 2.49. The van der Waals surface area contributed by atoms with Crippen molar-refractivity contribution >= 4 is 30.5 Å². The number of cyclic esters (lactones) is 1. The Hall–Kier alpha value is -2.34. The lowest BCUT2D eigenvalue weighted by Crippen LogP contribution is -2.35. The topological polar surface area (TPSA) is 79.0 Å². The zero-order valence-electron chi connectivity index (χ0n) is 15.2. The standard InChI is InChI=1S/C18H23FN3O4P/c1-3-27(25)8-6-21(7-9-27)17-5-4-14(10-16(17)19)22-12-15(26-18(22)24)11-20-13(2)23/h3-5,10,15H,1,6-9,11-12H2,2H3,(H,20,23)/t15-/m0/s1. The van der Waals surface area contributed by atoms with Gasteiger partial charge in [-0.15, -0.1) is 0 Å². The molecule has 2 heterocycles. The van der Waals surface area contributed by atoms with Gasteiger partial charge in [-0.1, -0.05) is 6.58 Å². The number of rotatable bonds is 5. The van der Waals surface area contributed by atoms with Crippen LogP contribution in [0.5, 0.6) is 0 Å². The van der Waals surface area contributed by atoms with Gasteiger partial charge < -0.3 is 19.5 Å². The van der Waals surface area contributed by atoms with Crippen LogP contribution in [0.25, 0.3) is 0 Å². The molecule has 7 nitrogen and oxygen atoms in total. The smallest absolute Gasteiger partial charge is 0.414 e. The molecule has 0 bridgehead atoms. The van der Waals surface area contributed by atoms with Crippen LogP contribution in [0.15, 0.2) is 30.6 Å². The number of benzene rings is 1. The maximum absolute atomic E-state index is 14.7. The van der Waals surface area contributed by atoms with Crippen molar-refractivity contribution in [2.24, 2.45) is 0 Å². The van der Waals surface area contributed by atoms with Crippen LogP contribution >= 0.6 is 7.14 Å². The molecule has 27 heavy (non-hydrogen) atoms. The lowest BCUT2D eigenvalue weighted by Gasteiger charge is -2.33. The van der Waals surface area contributed by atoms with Gasteiger partial charge in [0.2, 0.25) is 5.91 Å². The molecule has 1 atom stereocenters. The molecule has 2 saturated heterocycles. The summed E-state index contributed by atoms with van der Waals surface area (Å²) in [5.41, 5.74) is 0.830. The number of carbonyl (C=O) groups excluding carboxylic acids is 2. The number of nitrogens with zero attached hydrogens (tertiary/aromatic N) is 2. The number of ether oxygens (including phenoxy) is 1. The number of amides is 2. The van der Waals surface area contributed by atoms with Crippen LogP contribution in [0, 0.1) is 5.82 Å². The summed E-state index contributed by atoms with van der Waals surface area (Å²) in [6.07, 6.45) is -0.0660. The van der Waals surface area contributed by atoms with Gasteiger partial charge in [0, 0.05) is 32.3 Å². The minimum atomic E-state index is -2.32. The van der Waals surface area contributed by atoms with Gasteiger partial charge in [0.1, 0.15) is 19.1 Å². The van der Waals surface area contributed by atoms with Gasteiger partial charge in [0.25, 0.3) is 0 Å². The highest BCUT2D eigenvalue weighted by atomic mass is 31.2. The van der Waals surface area contributed by atoms with E-state index in [4.69, 9.17) is 4.74 Å². The second-order valence-corrected chi connectivity index (χ2v) is 9.92. The summed E-state index contributed by atoms with van der Waals surface area (Å²) in [4.78, 5) is 26.2. The van der Waals surface area contributed by atoms with Crippen molar-refractivity contribution in [3.05, 3.63) is 36.4 Å². The summed E-state index contributed by atoms with van der Waals surface area (Å²) in [5, 5.41) is 2.60. The Balaban J connectivity index is 1.68. The summed E-state index contributed by atoms with van der Waals surface area (Å²) in [6, 6.07) is 4.60. The molecule has 0 radical (unpaired) electrons. The molecule has 2 fully saturated rings. The Labute approximate surface area is 157 Å². The quantitative estimate of drug-likeness (QED) is 0.776. The average molecular weight is 395 g/mol. The lowest BCUT2D eigenvalue weighted by atomic mass is 10.2. The van der Waals surface area contributed by atoms with Gasteiger partial charge in [-0.3, -0.25) is 9.69 Å². The van der Waals surface area contributed by atoms with Crippen molar-refractivity contribution in [3.8, 4) is 0 Å². The summed E-state index contributed by atoms with van der Waals surface area (Å²) < 4.78 is 32.2. The van der Waals surface area contributed by atoms with Crippen LogP contribution in [-0.2, 0) is 14.1 Å². The van der Waals surface area contributed by atoms with E-state index in [1.807, 2.05) is 4.90 Å². The molecule has 2 aliphatic heterocycles. The Morgan fingerprint density at radius 1 is 1.44 bits per heavy atom. The van der Waals surface area contributed by atoms with Crippen LogP contribution in [0.1, 0.15) is 6.92 Å².